The highest BCUT2D eigenvalue weighted by Crippen LogP contribution is 2.21. The van der Waals surface area contributed by atoms with Crippen LogP contribution in [0.3, 0.4) is 0 Å². The Hall–Kier alpha value is -1.18. The molecular formula is C12H16ClFN2O3S. The lowest BCUT2D eigenvalue weighted by molar-refractivity contribution is -0.121. The molecule has 5 nitrogen and oxygen atoms in total. The number of benzene rings is 1. The molecule has 1 rings (SSSR count). The molecule has 0 fully saturated rings. The minimum absolute atomic E-state index is 0.0988. The van der Waals surface area contributed by atoms with Crippen molar-refractivity contribution in [3.05, 3.63) is 29.0 Å². The van der Waals surface area contributed by atoms with Crippen LogP contribution >= 0.6 is 11.6 Å². The highest BCUT2D eigenvalue weighted by Gasteiger charge is 2.26. The van der Waals surface area contributed by atoms with Crippen molar-refractivity contribution in [2.45, 2.75) is 24.8 Å². The average molecular weight is 323 g/mol. The molecule has 0 saturated heterocycles. The minimum Gasteiger partial charge on any atom is -0.353 e. The molecule has 0 spiro atoms. The number of carbonyl (C=O) groups is 1. The standard InChI is InChI=1S/C12H16ClFN2O3S/c1-8(2)15-12(17)7-16(3)20(18,19)11-5-4-9(13)6-10(11)14/h4-6,8H,7H2,1-3H3,(H,15,17). The van der Waals surface area contributed by atoms with E-state index in [2.05, 4.69) is 5.32 Å². The van der Waals surface area contributed by atoms with Crippen LogP contribution in [0.25, 0.3) is 0 Å². The molecule has 1 aromatic rings. The highest BCUT2D eigenvalue weighted by molar-refractivity contribution is 7.89. The predicted molar refractivity (Wildman–Crippen MR) is 74.5 cm³/mol. The Morgan fingerprint density at radius 1 is 1.45 bits per heavy atom. The third-order valence-electron chi connectivity index (χ3n) is 2.40. The van der Waals surface area contributed by atoms with E-state index < -0.39 is 26.6 Å². The number of halogens is 2. The second kappa shape index (κ2) is 6.51. The fourth-order valence-electron chi connectivity index (χ4n) is 1.51. The largest absolute Gasteiger partial charge is 0.353 e. The van der Waals surface area contributed by atoms with Crippen molar-refractivity contribution in [3.8, 4) is 0 Å². The van der Waals surface area contributed by atoms with Crippen LogP contribution in [0.1, 0.15) is 13.8 Å². The first kappa shape index (κ1) is 16.9. The van der Waals surface area contributed by atoms with E-state index in [9.17, 15) is 17.6 Å². The summed E-state index contributed by atoms with van der Waals surface area (Å²) in [5.41, 5.74) is 0. The molecule has 1 N–H and O–H groups in total. The number of amides is 1. The van der Waals surface area contributed by atoms with Gasteiger partial charge in [-0.15, -0.1) is 0 Å². The first-order valence-corrected chi connectivity index (χ1v) is 7.67. The van der Waals surface area contributed by atoms with Crippen molar-refractivity contribution in [1.82, 2.24) is 9.62 Å². The summed E-state index contributed by atoms with van der Waals surface area (Å²) in [7, 11) is -2.87. The third-order valence-corrected chi connectivity index (χ3v) is 4.47. The molecule has 112 valence electrons. The van der Waals surface area contributed by atoms with Crippen LogP contribution in [0, 0.1) is 5.82 Å². The summed E-state index contributed by atoms with van der Waals surface area (Å²) in [4.78, 5) is 11.0. The molecule has 0 aromatic heterocycles. The van der Waals surface area contributed by atoms with E-state index >= 15 is 0 Å². The molecule has 1 amide bonds. The smallest absolute Gasteiger partial charge is 0.246 e. The molecule has 0 radical (unpaired) electrons. The Balaban J connectivity index is 2.95. The van der Waals surface area contributed by atoms with Gasteiger partial charge in [0.05, 0.1) is 6.54 Å². The van der Waals surface area contributed by atoms with Crippen LogP contribution in [0.2, 0.25) is 5.02 Å². The molecule has 8 heteroatoms. The van der Waals surface area contributed by atoms with Gasteiger partial charge in [-0.2, -0.15) is 4.31 Å². The number of rotatable bonds is 5. The Morgan fingerprint density at radius 3 is 2.55 bits per heavy atom. The fourth-order valence-corrected chi connectivity index (χ4v) is 2.83. The van der Waals surface area contributed by atoms with Gasteiger partial charge in [0, 0.05) is 18.1 Å². The molecular weight excluding hydrogens is 307 g/mol. The summed E-state index contributed by atoms with van der Waals surface area (Å²) in [5.74, 6) is -1.41. The maximum absolute atomic E-state index is 13.7. The summed E-state index contributed by atoms with van der Waals surface area (Å²) in [5, 5.41) is 2.66. The van der Waals surface area contributed by atoms with Crippen molar-refractivity contribution in [2.75, 3.05) is 13.6 Å². The van der Waals surface area contributed by atoms with Gasteiger partial charge in [-0.3, -0.25) is 4.79 Å². The summed E-state index contributed by atoms with van der Waals surface area (Å²) in [6.45, 7) is 3.12. The lowest BCUT2D eigenvalue weighted by Crippen LogP contribution is -2.41. The molecule has 1 aromatic carbocycles. The summed E-state index contributed by atoms with van der Waals surface area (Å²) in [6, 6.07) is 3.16. The van der Waals surface area contributed by atoms with E-state index in [1.165, 1.54) is 13.1 Å². The third kappa shape index (κ3) is 4.16. The molecule has 0 saturated carbocycles. The molecule has 0 aliphatic rings. The van der Waals surface area contributed by atoms with Gasteiger partial charge in [-0.05, 0) is 32.0 Å². The Labute approximate surface area is 122 Å². The first-order valence-electron chi connectivity index (χ1n) is 5.85. The van der Waals surface area contributed by atoms with Gasteiger partial charge in [-0.1, -0.05) is 11.6 Å². The zero-order valence-electron chi connectivity index (χ0n) is 11.4. The van der Waals surface area contributed by atoms with E-state index in [0.717, 1.165) is 16.4 Å². The normalized spacial score (nSPS) is 11.9. The lowest BCUT2D eigenvalue weighted by Gasteiger charge is -2.18. The van der Waals surface area contributed by atoms with Crippen molar-refractivity contribution < 1.29 is 17.6 Å². The van der Waals surface area contributed by atoms with Gasteiger partial charge >= 0.3 is 0 Å². The number of carbonyl (C=O) groups excluding carboxylic acids is 1. The molecule has 0 atom stereocenters. The Bertz CT molecular complexity index is 605. The quantitative estimate of drug-likeness (QED) is 0.896. The topological polar surface area (TPSA) is 66.5 Å². The maximum Gasteiger partial charge on any atom is 0.246 e. The van der Waals surface area contributed by atoms with Gasteiger partial charge in [0.15, 0.2) is 0 Å². The SMILES string of the molecule is CC(C)NC(=O)CN(C)S(=O)(=O)c1ccc(Cl)cc1F. The number of nitrogens with one attached hydrogen (secondary N) is 1. The van der Waals surface area contributed by atoms with E-state index in [0.29, 0.717) is 0 Å². The van der Waals surface area contributed by atoms with Gasteiger partial charge in [0.2, 0.25) is 15.9 Å². The number of hydrogen-bond acceptors (Lipinski definition) is 3. The van der Waals surface area contributed by atoms with Gasteiger partial charge in [0.1, 0.15) is 10.7 Å². The zero-order chi connectivity index (χ0) is 15.5. The number of hydrogen-bond donors (Lipinski definition) is 1. The van der Waals surface area contributed by atoms with Gasteiger partial charge in [-0.25, -0.2) is 12.8 Å². The Kier molecular flexibility index (Phi) is 5.50. The minimum atomic E-state index is -4.08. The van der Waals surface area contributed by atoms with E-state index in [1.54, 1.807) is 13.8 Å². The van der Waals surface area contributed by atoms with Crippen molar-refractivity contribution >= 4 is 27.5 Å². The van der Waals surface area contributed by atoms with E-state index in [1.807, 2.05) is 0 Å². The Morgan fingerprint density at radius 2 is 2.05 bits per heavy atom. The van der Waals surface area contributed by atoms with Crippen LogP contribution in [0.15, 0.2) is 23.1 Å². The van der Waals surface area contributed by atoms with Crippen molar-refractivity contribution in [2.24, 2.45) is 0 Å². The molecule has 0 aliphatic carbocycles. The van der Waals surface area contributed by atoms with Gasteiger partial charge < -0.3 is 5.32 Å². The second-order valence-electron chi connectivity index (χ2n) is 4.56. The van der Waals surface area contributed by atoms with Crippen LogP contribution < -0.4 is 5.32 Å². The summed E-state index contributed by atoms with van der Waals surface area (Å²) in [6.07, 6.45) is 0. The zero-order valence-corrected chi connectivity index (χ0v) is 12.9. The highest BCUT2D eigenvalue weighted by atomic mass is 35.5. The van der Waals surface area contributed by atoms with E-state index in [-0.39, 0.29) is 17.6 Å². The number of likely N-dealkylation sites (N-methyl/N-ethyl adjacent to an activating group) is 1. The molecule has 0 aliphatic heterocycles. The van der Waals surface area contributed by atoms with Crippen LogP contribution in [-0.4, -0.2) is 38.3 Å². The summed E-state index contributed by atoms with van der Waals surface area (Å²) < 4.78 is 38.7. The lowest BCUT2D eigenvalue weighted by atomic mass is 10.3. The maximum atomic E-state index is 13.7. The molecule has 0 bridgehead atoms. The molecule has 0 unspecified atom stereocenters. The second-order valence-corrected chi connectivity index (χ2v) is 7.01. The fraction of sp³-hybridized carbons (Fsp3) is 0.417. The van der Waals surface area contributed by atoms with Crippen LogP contribution in [0.4, 0.5) is 4.39 Å². The first-order chi connectivity index (χ1) is 9.14. The number of sulfonamides is 1. The van der Waals surface area contributed by atoms with Gasteiger partial charge in [0.25, 0.3) is 0 Å². The van der Waals surface area contributed by atoms with Crippen molar-refractivity contribution in [3.63, 3.8) is 0 Å². The average Bonchev–Trinajstić information content (AvgIpc) is 2.26. The monoisotopic (exact) mass is 322 g/mol. The van der Waals surface area contributed by atoms with E-state index in [4.69, 9.17) is 11.6 Å². The molecule has 20 heavy (non-hydrogen) atoms. The van der Waals surface area contributed by atoms with Crippen molar-refractivity contribution in [1.29, 1.82) is 0 Å². The number of nitrogens with zero attached hydrogens (tertiary/aromatic N) is 1. The van der Waals surface area contributed by atoms with Crippen LogP contribution in [0.5, 0.6) is 0 Å². The molecule has 0 heterocycles. The van der Waals surface area contributed by atoms with Crippen LogP contribution in [-0.2, 0) is 14.8 Å². The summed E-state index contributed by atoms with van der Waals surface area (Å²) >= 11 is 5.58. The predicted octanol–water partition coefficient (Wildman–Crippen LogP) is 1.62.